The van der Waals surface area contributed by atoms with Crippen LogP contribution in [0.4, 0.5) is 0 Å². The Kier molecular flexibility index (Phi) is 29.5. The molecule has 0 aromatic heterocycles. The number of phenolic OH excluding ortho intramolecular Hbond substituents is 1. The minimum absolute atomic E-state index is 0.101. The summed E-state index contributed by atoms with van der Waals surface area (Å²) in [6, 6.07) is 104. The van der Waals surface area contributed by atoms with Gasteiger partial charge in [0.2, 0.25) is 16.6 Å². The first-order chi connectivity index (χ1) is 54.8. The van der Waals surface area contributed by atoms with Crippen LogP contribution in [0, 0.1) is 0 Å². The number of benzene rings is 12. The number of hydrogen-bond donors (Lipinski definition) is 2. The third kappa shape index (κ3) is 22.3. The molecule has 0 fully saturated rings. The highest BCUT2D eigenvalue weighted by atomic mass is 28.4. The van der Waals surface area contributed by atoms with E-state index in [4.69, 9.17) is 37.3 Å². The maximum atomic E-state index is 12.7. The van der Waals surface area contributed by atoms with Gasteiger partial charge in [0.25, 0.3) is 0 Å². The van der Waals surface area contributed by atoms with E-state index >= 15 is 0 Å². The second kappa shape index (κ2) is 39.5. The molecule has 0 radical (unpaired) electrons. The van der Waals surface area contributed by atoms with Gasteiger partial charge in [0, 0.05) is 5.92 Å². The first kappa shape index (κ1) is 85.1. The molecule has 10 nitrogen and oxygen atoms in total. The maximum Gasteiger partial charge on any atom is 0.250 e. The average Bonchev–Trinajstić information content (AvgIpc) is 0.755. The molecule has 0 bridgehead atoms. The normalized spacial score (nSPS) is 12.8. The predicted octanol–water partition coefficient (Wildman–Crippen LogP) is 26.5. The zero-order chi connectivity index (χ0) is 81.5. The molecule has 2 atom stereocenters. The number of phenols is 1. The molecular weight excluding hydrogens is 1440 g/mol. The SMILES string of the molecule is CC/C(=C(/c1ccc(O)cc1)c1ccc(OCc2ccc(OC)cc2)cc1)c1ccccc1.CC/C(=C(\c1ccc(OCc2ccc(OC)cc2)cc1)c1ccc(O[Si](C)(C)C(C)(C)C)cc1)c1ccccc1.CCC(c1ccccc1)C(O)(c1ccc(OCc2ccc(OC)cc2)cc1)c1ccc(O[Si](C)(C)C(C)(C)C)cc1. The van der Waals surface area contributed by atoms with Crippen LogP contribution in [0.3, 0.4) is 0 Å². The van der Waals surface area contributed by atoms with E-state index < -0.39 is 22.2 Å². The lowest BCUT2D eigenvalue weighted by atomic mass is 9.72. The topological polar surface area (TPSA) is 114 Å². The molecule has 0 saturated heterocycles. The van der Waals surface area contributed by atoms with E-state index in [1.807, 2.05) is 170 Å². The van der Waals surface area contributed by atoms with Crippen LogP contribution in [0.15, 0.2) is 309 Å². The molecule has 114 heavy (non-hydrogen) atoms. The van der Waals surface area contributed by atoms with E-state index in [9.17, 15) is 10.2 Å². The standard InChI is InChI=1S/C36H44O4Si.C36H42O3Si.C30H28O3/c1-8-34(28-12-10-9-11-13-28)36(37,30-18-24-33(25-19-30)40-41(6,7)35(2,3)4)29-16-22-32(23-17-29)39-26-27-14-20-31(38-5)21-15-27;1-8-34(28-12-10-9-11-13-28)35(30-18-24-33(25-19-30)39-40(6,7)36(2,3)4)29-16-22-32(23-17-29)38-26-27-14-20-31(37-5)21-15-27;1-3-29(23-7-5-4-6-8-23)30(24-11-15-26(31)16-12-24)25-13-19-28(20-14-25)33-21-22-9-17-27(32-2)18-10-22/h9-25,34,37H,8,26H2,1-7H3;9-25H,8,26H2,1-7H3;4-20,31H,3,21H2,1-2H3/b;35-34-;30-29+. The molecule has 590 valence electrons. The van der Waals surface area contributed by atoms with Gasteiger partial charge < -0.3 is 47.5 Å². The fourth-order valence-electron chi connectivity index (χ4n) is 13.3. The summed E-state index contributed by atoms with van der Waals surface area (Å²) in [6.45, 7) is 30.6. The predicted molar refractivity (Wildman–Crippen MR) is 476 cm³/mol. The van der Waals surface area contributed by atoms with Gasteiger partial charge in [0.1, 0.15) is 77.2 Å². The first-order valence-corrected chi connectivity index (χ1v) is 45.4. The summed E-state index contributed by atoms with van der Waals surface area (Å²) in [7, 11) is 1.11. The summed E-state index contributed by atoms with van der Waals surface area (Å²) in [5, 5.41) is 22.7. The van der Waals surface area contributed by atoms with Crippen LogP contribution in [0.1, 0.15) is 154 Å². The summed E-state index contributed by atoms with van der Waals surface area (Å²) in [4.78, 5) is 0. The van der Waals surface area contributed by atoms with Gasteiger partial charge >= 0.3 is 0 Å². The number of rotatable bonds is 29. The number of allylic oxidation sites excluding steroid dienone is 2. The minimum atomic E-state index is -1.98. The van der Waals surface area contributed by atoms with Crippen molar-refractivity contribution in [2.45, 2.75) is 149 Å². The Bertz CT molecular complexity index is 4980. The number of methoxy groups -OCH3 is 3. The lowest BCUT2D eigenvalue weighted by molar-refractivity contribution is 0.0476. The minimum Gasteiger partial charge on any atom is -0.544 e. The number of aromatic hydroxyl groups is 1. The van der Waals surface area contributed by atoms with Gasteiger partial charge in [-0.25, -0.2) is 0 Å². The molecule has 0 spiro atoms. The fourth-order valence-corrected chi connectivity index (χ4v) is 15.3. The summed E-state index contributed by atoms with van der Waals surface area (Å²) in [5.74, 6) is 6.80. The van der Waals surface area contributed by atoms with Gasteiger partial charge in [-0.15, -0.1) is 0 Å². The Hall–Kier alpha value is -11.3. The van der Waals surface area contributed by atoms with Gasteiger partial charge in [-0.3, -0.25) is 0 Å². The Labute approximate surface area is 680 Å². The maximum absolute atomic E-state index is 12.7. The fraction of sp³-hybridized carbons (Fsp3) is 0.255. The van der Waals surface area contributed by atoms with Crippen molar-refractivity contribution >= 4 is 38.9 Å². The van der Waals surface area contributed by atoms with Crippen molar-refractivity contribution in [2.24, 2.45) is 0 Å². The molecular formula is C102H114O10Si2. The van der Waals surface area contributed by atoms with E-state index in [1.54, 1.807) is 33.5 Å². The van der Waals surface area contributed by atoms with Crippen LogP contribution in [0.5, 0.6) is 51.7 Å². The van der Waals surface area contributed by atoms with Crippen LogP contribution in [-0.4, -0.2) is 48.2 Å². The number of hydrogen-bond acceptors (Lipinski definition) is 10. The van der Waals surface area contributed by atoms with Crippen molar-refractivity contribution in [3.05, 3.63) is 376 Å². The van der Waals surface area contributed by atoms with Crippen LogP contribution in [-0.2, 0) is 25.4 Å². The molecule has 12 rings (SSSR count). The van der Waals surface area contributed by atoms with Crippen LogP contribution < -0.4 is 37.3 Å². The Balaban J connectivity index is 0.000000182. The van der Waals surface area contributed by atoms with Gasteiger partial charge in [0.15, 0.2) is 0 Å². The molecule has 0 saturated carbocycles. The van der Waals surface area contributed by atoms with Crippen LogP contribution >= 0.6 is 0 Å². The van der Waals surface area contributed by atoms with Gasteiger partial charge in [-0.2, -0.15) is 0 Å². The highest BCUT2D eigenvalue weighted by Gasteiger charge is 2.42. The van der Waals surface area contributed by atoms with Crippen molar-refractivity contribution in [3.63, 3.8) is 0 Å². The third-order valence-corrected chi connectivity index (χ3v) is 30.6. The summed E-state index contributed by atoms with van der Waals surface area (Å²) in [5.41, 5.74) is 16.7. The Morgan fingerprint density at radius 1 is 0.316 bits per heavy atom. The molecule has 12 aromatic rings. The number of ether oxygens (including phenoxy) is 6. The molecule has 2 N–H and O–H groups in total. The molecule has 0 aliphatic heterocycles. The van der Waals surface area contributed by atoms with Gasteiger partial charge in [0.05, 0.1) is 21.3 Å². The van der Waals surface area contributed by atoms with Crippen molar-refractivity contribution in [1.82, 2.24) is 0 Å². The smallest absolute Gasteiger partial charge is 0.250 e. The first-order valence-electron chi connectivity index (χ1n) is 39.6. The second-order valence-electron chi connectivity index (χ2n) is 31.6. The van der Waals surface area contributed by atoms with Crippen LogP contribution in [0.2, 0.25) is 36.3 Å². The van der Waals surface area contributed by atoms with Crippen molar-refractivity contribution in [3.8, 4) is 51.7 Å². The van der Waals surface area contributed by atoms with E-state index in [1.165, 1.54) is 33.4 Å². The Morgan fingerprint density at radius 3 is 0.860 bits per heavy atom. The largest absolute Gasteiger partial charge is 0.544 e. The molecule has 0 amide bonds. The molecule has 12 aromatic carbocycles. The second-order valence-corrected chi connectivity index (χ2v) is 41.0. The van der Waals surface area contributed by atoms with Crippen molar-refractivity contribution in [2.75, 3.05) is 21.3 Å². The zero-order valence-corrected chi connectivity index (χ0v) is 71.4. The lowest BCUT2D eigenvalue weighted by Gasteiger charge is -2.38. The van der Waals surface area contributed by atoms with E-state index in [-0.39, 0.29) is 21.7 Å². The molecule has 0 aliphatic rings. The van der Waals surface area contributed by atoms with E-state index in [0.29, 0.717) is 19.8 Å². The van der Waals surface area contributed by atoms with Crippen molar-refractivity contribution < 1.29 is 47.5 Å². The highest BCUT2D eigenvalue weighted by molar-refractivity contribution is 6.75. The molecule has 0 heterocycles. The van der Waals surface area contributed by atoms with Gasteiger partial charge in [-0.1, -0.05) is 263 Å². The molecule has 2 unspecified atom stereocenters. The summed E-state index contributed by atoms with van der Waals surface area (Å²) in [6.07, 6.45) is 2.56. The summed E-state index contributed by atoms with van der Waals surface area (Å²) < 4.78 is 47.0. The summed E-state index contributed by atoms with van der Waals surface area (Å²) >= 11 is 0. The quantitative estimate of drug-likeness (QED) is 0.0347. The van der Waals surface area contributed by atoms with Crippen LogP contribution in [0.25, 0.3) is 22.3 Å². The van der Waals surface area contributed by atoms with E-state index in [2.05, 4.69) is 216 Å². The Morgan fingerprint density at radius 2 is 0.579 bits per heavy atom. The monoisotopic (exact) mass is 1550 g/mol. The lowest BCUT2D eigenvalue weighted by Crippen LogP contribution is -2.43. The average molecular weight is 1560 g/mol. The van der Waals surface area contributed by atoms with Crippen molar-refractivity contribution in [1.29, 1.82) is 0 Å². The van der Waals surface area contributed by atoms with Gasteiger partial charge in [-0.05, 0) is 254 Å². The number of aliphatic hydroxyl groups is 1. The zero-order valence-electron chi connectivity index (χ0n) is 69.4. The molecule has 12 heteroatoms. The van der Waals surface area contributed by atoms with E-state index in [0.717, 1.165) is 121 Å². The molecule has 0 aliphatic carbocycles. The third-order valence-electron chi connectivity index (χ3n) is 21.9. The highest BCUT2D eigenvalue weighted by Crippen LogP contribution is 2.47.